The van der Waals surface area contributed by atoms with Crippen molar-refractivity contribution in [1.82, 2.24) is 0 Å². The van der Waals surface area contributed by atoms with Crippen LogP contribution in [0.2, 0.25) is 0 Å². The average Bonchev–Trinajstić information content (AvgIpc) is 3.33. The van der Waals surface area contributed by atoms with Crippen molar-refractivity contribution in [1.29, 1.82) is 0 Å². The van der Waals surface area contributed by atoms with Crippen LogP contribution in [0.5, 0.6) is 5.75 Å². The Morgan fingerprint density at radius 1 is 0.719 bits per heavy atom. The Morgan fingerprint density at radius 3 is 2.16 bits per heavy atom. The molecule has 32 heavy (non-hydrogen) atoms. The molecular formula is C28H26O3S. The molecule has 0 saturated heterocycles. The standard InChI is InChI=1S/C28H26O3S/c29-22-11-9-16-6-7-18-14-20(15-19-8-10-21(22)26(16)25(18)19)28(31)24-13-12-23(32-24)27(30)17-4-2-1-3-5-17/h6-15,17,27-31H,1-5H2. The molecule has 6 rings (SSSR count). The van der Waals surface area contributed by atoms with Gasteiger partial charge in [0.2, 0.25) is 0 Å². The Balaban J connectivity index is 1.38. The van der Waals surface area contributed by atoms with Gasteiger partial charge in [-0.25, -0.2) is 0 Å². The van der Waals surface area contributed by atoms with Crippen LogP contribution in [0.3, 0.4) is 0 Å². The van der Waals surface area contributed by atoms with E-state index < -0.39 is 12.2 Å². The first-order chi connectivity index (χ1) is 15.6. The molecule has 1 aliphatic carbocycles. The Kier molecular flexibility index (Phi) is 4.83. The first-order valence-electron chi connectivity index (χ1n) is 11.5. The van der Waals surface area contributed by atoms with Gasteiger partial charge in [-0.1, -0.05) is 49.6 Å². The van der Waals surface area contributed by atoms with Gasteiger partial charge in [0.15, 0.2) is 0 Å². The van der Waals surface area contributed by atoms with Gasteiger partial charge in [-0.3, -0.25) is 0 Å². The fourth-order valence-corrected chi connectivity index (χ4v) is 6.61. The van der Waals surface area contributed by atoms with Gasteiger partial charge in [-0.15, -0.1) is 11.3 Å². The van der Waals surface area contributed by atoms with E-state index in [-0.39, 0.29) is 0 Å². The van der Waals surface area contributed by atoms with Gasteiger partial charge >= 0.3 is 0 Å². The van der Waals surface area contributed by atoms with E-state index in [1.54, 1.807) is 6.07 Å². The number of hydrogen-bond acceptors (Lipinski definition) is 4. The summed E-state index contributed by atoms with van der Waals surface area (Å²) in [5.74, 6) is 0.625. The summed E-state index contributed by atoms with van der Waals surface area (Å²) >= 11 is 1.52. The minimum absolute atomic E-state index is 0.290. The number of rotatable bonds is 4. The third kappa shape index (κ3) is 3.17. The topological polar surface area (TPSA) is 60.7 Å². The predicted octanol–water partition coefficient (Wildman–Crippen LogP) is 7.05. The number of hydrogen-bond donors (Lipinski definition) is 3. The second-order valence-electron chi connectivity index (χ2n) is 9.19. The minimum atomic E-state index is -0.734. The summed E-state index contributed by atoms with van der Waals surface area (Å²) < 4.78 is 0. The van der Waals surface area contributed by atoms with Crippen molar-refractivity contribution in [2.75, 3.05) is 0 Å². The van der Waals surface area contributed by atoms with Crippen molar-refractivity contribution < 1.29 is 15.3 Å². The first kappa shape index (κ1) is 20.0. The van der Waals surface area contributed by atoms with Crippen LogP contribution in [-0.2, 0) is 0 Å². The fourth-order valence-electron chi connectivity index (χ4n) is 5.51. The highest BCUT2D eigenvalue weighted by Crippen LogP contribution is 2.42. The van der Waals surface area contributed by atoms with Gasteiger partial charge in [0.05, 0.1) is 6.10 Å². The molecule has 2 atom stereocenters. The van der Waals surface area contributed by atoms with Crippen LogP contribution >= 0.6 is 11.3 Å². The van der Waals surface area contributed by atoms with Crippen LogP contribution < -0.4 is 0 Å². The molecule has 1 aromatic heterocycles. The summed E-state index contributed by atoms with van der Waals surface area (Å²) in [5.41, 5.74) is 0.848. The maximum absolute atomic E-state index is 11.2. The summed E-state index contributed by atoms with van der Waals surface area (Å²) in [7, 11) is 0. The van der Waals surface area contributed by atoms with Gasteiger partial charge < -0.3 is 15.3 Å². The van der Waals surface area contributed by atoms with E-state index in [9.17, 15) is 15.3 Å². The van der Waals surface area contributed by atoms with Gasteiger partial charge in [0, 0.05) is 20.5 Å². The maximum Gasteiger partial charge on any atom is 0.123 e. The Bertz CT molecular complexity index is 1390. The van der Waals surface area contributed by atoms with E-state index in [1.165, 1.54) is 30.6 Å². The molecule has 1 heterocycles. The van der Waals surface area contributed by atoms with Crippen LogP contribution in [0, 0.1) is 5.92 Å². The predicted molar refractivity (Wildman–Crippen MR) is 132 cm³/mol. The van der Waals surface area contributed by atoms with Crippen LogP contribution in [0.1, 0.15) is 59.6 Å². The molecule has 0 spiro atoms. The highest BCUT2D eigenvalue weighted by Gasteiger charge is 2.25. The molecule has 0 bridgehead atoms. The van der Waals surface area contributed by atoms with Gasteiger partial charge in [0.1, 0.15) is 11.9 Å². The molecule has 3 nitrogen and oxygen atoms in total. The molecule has 3 N–H and O–H groups in total. The SMILES string of the molecule is Oc1ccc2ccc3cc(C(O)c4ccc(C(O)C5CCCCC5)s4)cc4ccc1c2c34. The summed E-state index contributed by atoms with van der Waals surface area (Å²) in [4.78, 5) is 1.82. The van der Waals surface area contributed by atoms with Crippen LogP contribution in [0.4, 0.5) is 0 Å². The lowest BCUT2D eigenvalue weighted by Gasteiger charge is -2.25. The largest absolute Gasteiger partial charge is 0.507 e. The number of aliphatic hydroxyl groups is 2. The average molecular weight is 443 g/mol. The van der Waals surface area contributed by atoms with Crippen molar-refractivity contribution in [2.45, 2.75) is 44.3 Å². The first-order valence-corrected chi connectivity index (χ1v) is 12.3. The lowest BCUT2D eigenvalue weighted by molar-refractivity contribution is 0.0879. The summed E-state index contributed by atoms with van der Waals surface area (Å²) in [6, 6.07) is 19.9. The third-order valence-corrected chi connectivity index (χ3v) is 8.43. The molecule has 4 heteroatoms. The second kappa shape index (κ2) is 7.73. The lowest BCUT2D eigenvalue weighted by atomic mass is 9.85. The summed E-state index contributed by atoms with van der Waals surface area (Å²) in [6.45, 7) is 0. The molecule has 1 fully saturated rings. The molecule has 0 amide bonds. The van der Waals surface area contributed by atoms with E-state index in [0.717, 1.165) is 60.5 Å². The highest BCUT2D eigenvalue weighted by molar-refractivity contribution is 7.12. The smallest absolute Gasteiger partial charge is 0.123 e. The Hall–Kier alpha value is -2.66. The van der Waals surface area contributed by atoms with Crippen LogP contribution in [-0.4, -0.2) is 15.3 Å². The third-order valence-electron chi connectivity index (χ3n) is 7.22. The number of phenols is 1. The van der Waals surface area contributed by atoms with Crippen molar-refractivity contribution >= 4 is 43.7 Å². The molecule has 0 aliphatic heterocycles. The van der Waals surface area contributed by atoms with E-state index in [2.05, 4.69) is 12.1 Å². The highest BCUT2D eigenvalue weighted by atomic mass is 32.1. The Morgan fingerprint density at radius 2 is 1.38 bits per heavy atom. The van der Waals surface area contributed by atoms with E-state index in [0.29, 0.717) is 11.7 Å². The van der Waals surface area contributed by atoms with E-state index >= 15 is 0 Å². The number of phenolic OH excluding ortho intramolecular Hbond substituents is 1. The van der Waals surface area contributed by atoms with Crippen molar-refractivity contribution in [3.8, 4) is 5.75 Å². The molecule has 1 aliphatic rings. The van der Waals surface area contributed by atoms with E-state index in [4.69, 9.17) is 0 Å². The van der Waals surface area contributed by atoms with Gasteiger partial charge in [0.25, 0.3) is 0 Å². The zero-order valence-electron chi connectivity index (χ0n) is 17.8. The molecule has 1 saturated carbocycles. The van der Waals surface area contributed by atoms with E-state index in [1.807, 2.05) is 42.5 Å². The zero-order chi connectivity index (χ0) is 21.8. The van der Waals surface area contributed by atoms with Gasteiger partial charge in [-0.05, 0) is 76.2 Å². The molecule has 0 radical (unpaired) electrons. The normalized spacial score (nSPS) is 17.4. The zero-order valence-corrected chi connectivity index (χ0v) is 18.6. The molecular weight excluding hydrogens is 416 g/mol. The number of thiophene rings is 1. The quantitative estimate of drug-likeness (QED) is 0.261. The minimum Gasteiger partial charge on any atom is -0.507 e. The van der Waals surface area contributed by atoms with Crippen molar-refractivity contribution in [3.05, 3.63) is 76.0 Å². The molecule has 5 aromatic rings. The number of aliphatic hydroxyl groups excluding tert-OH is 2. The molecule has 4 aromatic carbocycles. The van der Waals surface area contributed by atoms with Crippen LogP contribution in [0.15, 0.2) is 60.7 Å². The lowest BCUT2D eigenvalue weighted by Crippen LogP contribution is -2.14. The van der Waals surface area contributed by atoms with Crippen LogP contribution in [0.25, 0.3) is 32.3 Å². The second-order valence-corrected chi connectivity index (χ2v) is 10.3. The fraction of sp³-hybridized carbons (Fsp3) is 0.286. The Labute approximate surface area is 190 Å². The number of aromatic hydroxyl groups is 1. The number of benzene rings is 4. The van der Waals surface area contributed by atoms with Crippen molar-refractivity contribution in [3.63, 3.8) is 0 Å². The van der Waals surface area contributed by atoms with Gasteiger partial charge in [-0.2, -0.15) is 0 Å². The maximum atomic E-state index is 11.2. The molecule has 162 valence electrons. The van der Waals surface area contributed by atoms with Crippen molar-refractivity contribution in [2.24, 2.45) is 5.92 Å². The monoisotopic (exact) mass is 442 g/mol. The summed E-state index contributed by atoms with van der Waals surface area (Å²) in [5, 5.41) is 38.6. The summed E-state index contributed by atoms with van der Waals surface area (Å²) in [6.07, 6.45) is 4.68. The molecule has 2 unspecified atom stereocenters.